The van der Waals surface area contributed by atoms with E-state index in [1.54, 1.807) is 36.4 Å². The minimum Gasteiger partial charge on any atom is -0.507 e. The number of hydrazone groups is 1. The van der Waals surface area contributed by atoms with Crippen molar-refractivity contribution in [3.63, 3.8) is 0 Å². The standard InChI is InChI=1S/C20H16N2O2/c23-19-9-5-4-8-18(19)14-21-22-20(24)17-12-10-16(11-13-17)15-6-2-1-3-7-15/h1-14,23H,(H,22,24)/b21-14+. The second-order valence-corrected chi connectivity index (χ2v) is 5.20. The zero-order valence-electron chi connectivity index (χ0n) is 12.9. The number of para-hydroxylation sites is 1. The molecule has 0 spiro atoms. The van der Waals surface area contributed by atoms with E-state index >= 15 is 0 Å². The maximum absolute atomic E-state index is 12.1. The normalized spacial score (nSPS) is 10.7. The van der Waals surface area contributed by atoms with Gasteiger partial charge in [-0.3, -0.25) is 4.79 Å². The van der Waals surface area contributed by atoms with E-state index in [4.69, 9.17) is 0 Å². The van der Waals surface area contributed by atoms with Crippen LogP contribution in [0.5, 0.6) is 5.75 Å². The van der Waals surface area contributed by atoms with E-state index in [-0.39, 0.29) is 11.7 Å². The van der Waals surface area contributed by atoms with Crippen LogP contribution in [0.1, 0.15) is 15.9 Å². The molecule has 1 amide bonds. The van der Waals surface area contributed by atoms with Gasteiger partial charge in [-0.25, -0.2) is 5.43 Å². The maximum Gasteiger partial charge on any atom is 0.271 e. The molecule has 0 bridgehead atoms. The molecule has 0 aliphatic rings. The molecule has 3 rings (SSSR count). The van der Waals surface area contributed by atoms with E-state index in [9.17, 15) is 9.90 Å². The van der Waals surface area contributed by atoms with Gasteiger partial charge >= 0.3 is 0 Å². The van der Waals surface area contributed by atoms with Gasteiger partial charge in [0, 0.05) is 11.1 Å². The Kier molecular flexibility index (Phi) is 4.68. The summed E-state index contributed by atoms with van der Waals surface area (Å²) in [7, 11) is 0. The summed E-state index contributed by atoms with van der Waals surface area (Å²) in [5, 5.41) is 13.5. The first-order valence-electron chi connectivity index (χ1n) is 7.51. The number of nitrogens with one attached hydrogen (secondary N) is 1. The molecular formula is C20H16N2O2. The molecular weight excluding hydrogens is 300 g/mol. The first-order valence-corrected chi connectivity index (χ1v) is 7.51. The maximum atomic E-state index is 12.1. The summed E-state index contributed by atoms with van der Waals surface area (Å²) in [5.74, 6) is -0.191. The van der Waals surface area contributed by atoms with Gasteiger partial charge in [0.15, 0.2) is 0 Å². The fourth-order valence-corrected chi connectivity index (χ4v) is 2.27. The van der Waals surface area contributed by atoms with E-state index < -0.39 is 0 Å². The Bertz CT molecular complexity index is 856. The summed E-state index contributed by atoms with van der Waals surface area (Å²) in [6.45, 7) is 0. The molecule has 0 aromatic heterocycles. The Morgan fingerprint density at radius 1 is 0.833 bits per heavy atom. The van der Waals surface area contributed by atoms with Crippen molar-refractivity contribution < 1.29 is 9.90 Å². The predicted molar refractivity (Wildman–Crippen MR) is 95.0 cm³/mol. The minimum absolute atomic E-state index is 0.114. The molecule has 0 atom stereocenters. The monoisotopic (exact) mass is 316 g/mol. The van der Waals surface area contributed by atoms with Crippen LogP contribution in [0.3, 0.4) is 0 Å². The predicted octanol–water partition coefficient (Wildman–Crippen LogP) is 3.82. The summed E-state index contributed by atoms with van der Waals surface area (Å²) >= 11 is 0. The highest BCUT2D eigenvalue weighted by Gasteiger charge is 2.05. The van der Waals surface area contributed by atoms with Crippen molar-refractivity contribution in [2.45, 2.75) is 0 Å². The smallest absolute Gasteiger partial charge is 0.271 e. The number of phenols is 1. The second kappa shape index (κ2) is 7.24. The Hall–Kier alpha value is -3.40. The summed E-state index contributed by atoms with van der Waals surface area (Å²) in [6, 6.07) is 24.0. The Balaban J connectivity index is 1.66. The van der Waals surface area contributed by atoms with Gasteiger partial charge in [0.2, 0.25) is 0 Å². The van der Waals surface area contributed by atoms with Gasteiger partial charge in [-0.05, 0) is 35.4 Å². The highest BCUT2D eigenvalue weighted by Crippen LogP contribution is 2.19. The van der Waals surface area contributed by atoms with Gasteiger partial charge < -0.3 is 5.11 Å². The molecule has 0 saturated carbocycles. The summed E-state index contributed by atoms with van der Waals surface area (Å²) in [5.41, 5.74) is 5.66. The average molecular weight is 316 g/mol. The van der Waals surface area contributed by atoms with Crippen LogP contribution in [0.15, 0.2) is 84.0 Å². The molecule has 0 radical (unpaired) electrons. The number of hydrogen-bond acceptors (Lipinski definition) is 3. The first kappa shape index (κ1) is 15.5. The fraction of sp³-hybridized carbons (Fsp3) is 0. The molecule has 4 heteroatoms. The molecule has 0 fully saturated rings. The third-order valence-electron chi connectivity index (χ3n) is 3.56. The third-order valence-corrected chi connectivity index (χ3v) is 3.56. The summed E-state index contributed by atoms with van der Waals surface area (Å²) in [6.07, 6.45) is 1.41. The average Bonchev–Trinajstić information content (AvgIpc) is 2.64. The highest BCUT2D eigenvalue weighted by molar-refractivity contribution is 5.95. The van der Waals surface area contributed by atoms with Crippen LogP contribution in [0.2, 0.25) is 0 Å². The minimum atomic E-state index is -0.304. The lowest BCUT2D eigenvalue weighted by Crippen LogP contribution is -2.17. The Morgan fingerprint density at radius 3 is 2.17 bits per heavy atom. The lowest BCUT2D eigenvalue weighted by Gasteiger charge is -2.04. The van der Waals surface area contributed by atoms with E-state index in [0.717, 1.165) is 11.1 Å². The molecule has 2 N–H and O–H groups in total. The van der Waals surface area contributed by atoms with E-state index in [1.807, 2.05) is 42.5 Å². The van der Waals surface area contributed by atoms with Crippen LogP contribution in [-0.4, -0.2) is 17.2 Å². The number of amides is 1. The Morgan fingerprint density at radius 2 is 1.46 bits per heavy atom. The van der Waals surface area contributed by atoms with Crippen molar-refractivity contribution in [2.75, 3.05) is 0 Å². The van der Waals surface area contributed by atoms with Gasteiger partial charge in [-0.1, -0.05) is 54.6 Å². The lowest BCUT2D eigenvalue weighted by atomic mass is 10.0. The molecule has 0 saturated heterocycles. The molecule has 0 aliphatic heterocycles. The zero-order chi connectivity index (χ0) is 16.8. The van der Waals surface area contributed by atoms with Crippen molar-refractivity contribution in [3.8, 4) is 16.9 Å². The van der Waals surface area contributed by atoms with E-state index in [1.165, 1.54) is 6.21 Å². The molecule has 24 heavy (non-hydrogen) atoms. The SMILES string of the molecule is O=C(N/N=C/c1ccccc1O)c1ccc(-c2ccccc2)cc1. The molecule has 4 nitrogen and oxygen atoms in total. The molecule has 0 heterocycles. The second-order valence-electron chi connectivity index (χ2n) is 5.20. The molecule has 0 aliphatic carbocycles. The zero-order valence-corrected chi connectivity index (χ0v) is 12.9. The molecule has 0 unspecified atom stereocenters. The van der Waals surface area contributed by atoms with Crippen molar-refractivity contribution in [2.24, 2.45) is 5.10 Å². The number of nitrogens with zero attached hydrogens (tertiary/aromatic N) is 1. The van der Waals surface area contributed by atoms with E-state index in [2.05, 4.69) is 10.5 Å². The number of rotatable bonds is 4. The number of carbonyl (C=O) groups excluding carboxylic acids is 1. The van der Waals surface area contributed by atoms with Gasteiger partial charge in [0.05, 0.1) is 6.21 Å². The van der Waals surface area contributed by atoms with Crippen molar-refractivity contribution in [1.82, 2.24) is 5.43 Å². The van der Waals surface area contributed by atoms with Crippen LogP contribution in [0.25, 0.3) is 11.1 Å². The number of phenolic OH excluding ortho intramolecular Hbond substituents is 1. The topological polar surface area (TPSA) is 61.7 Å². The van der Waals surface area contributed by atoms with Gasteiger partial charge in [-0.15, -0.1) is 0 Å². The van der Waals surface area contributed by atoms with Crippen LogP contribution < -0.4 is 5.43 Å². The molecule has 118 valence electrons. The summed E-state index contributed by atoms with van der Waals surface area (Å²) < 4.78 is 0. The molecule has 3 aromatic carbocycles. The van der Waals surface area contributed by atoms with E-state index in [0.29, 0.717) is 11.1 Å². The number of benzene rings is 3. The number of hydrogen-bond donors (Lipinski definition) is 2. The fourth-order valence-electron chi connectivity index (χ4n) is 2.27. The third kappa shape index (κ3) is 3.67. The quantitative estimate of drug-likeness (QED) is 0.568. The highest BCUT2D eigenvalue weighted by atomic mass is 16.3. The largest absolute Gasteiger partial charge is 0.507 e. The van der Waals surface area contributed by atoms with Gasteiger partial charge in [0.25, 0.3) is 5.91 Å². The van der Waals surface area contributed by atoms with Crippen molar-refractivity contribution in [1.29, 1.82) is 0 Å². The van der Waals surface area contributed by atoms with Crippen LogP contribution in [0.4, 0.5) is 0 Å². The van der Waals surface area contributed by atoms with Crippen LogP contribution >= 0.6 is 0 Å². The number of aromatic hydroxyl groups is 1. The lowest BCUT2D eigenvalue weighted by molar-refractivity contribution is 0.0955. The van der Waals surface area contributed by atoms with Crippen molar-refractivity contribution in [3.05, 3.63) is 90.0 Å². The summed E-state index contributed by atoms with van der Waals surface area (Å²) in [4.78, 5) is 12.1. The van der Waals surface area contributed by atoms with Gasteiger partial charge in [0.1, 0.15) is 5.75 Å². The van der Waals surface area contributed by atoms with Crippen LogP contribution in [0, 0.1) is 0 Å². The Labute approximate surface area is 140 Å². The van der Waals surface area contributed by atoms with Crippen molar-refractivity contribution >= 4 is 12.1 Å². The molecule has 3 aromatic rings. The van der Waals surface area contributed by atoms with Gasteiger partial charge in [-0.2, -0.15) is 5.10 Å². The van der Waals surface area contributed by atoms with Crippen LogP contribution in [-0.2, 0) is 0 Å². The first-order chi connectivity index (χ1) is 11.7. The number of carbonyl (C=O) groups is 1.